The van der Waals surface area contributed by atoms with E-state index in [4.69, 9.17) is 0 Å². The molecule has 0 fully saturated rings. The average molecular weight is 221 g/mol. The monoisotopic (exact) mass is 221 g/mol. The summed E-state index contributed by atoms with van der Waals surface area (Å²) in [6.45, 7) is 10.7. The molecule has 1 rings (SSSR count). The molecule has 16 heavy (non-hydrogen) atoms. The van der Waals surface area contributed by atoms with Gasteiger partial charge in [0, 0.05) is 18.3 Å². The van der Waals surface area contributed by atoms with Crippen molar-refractivity contribution in [1.82, 2.24) is 4.57 Å². The Labute approximate surface area is 98.3 Å². The predicted molar refractivity (Wildman–Crippen MR) is 69.0 cm³/mol. The predicted octanol–water partition coefficient (Wildman–Crippen LogP) is 3.58. The van der Waals surface area contributed by atoms with Gasteiger partial charge >= 0.3 is 0 Å². The zero-order valence-corrected chi connectivity index (χ0v) is 11.0. The molecular formula is C14H23NO. The van der Waals surface area contributed by atoms with Gasteiger partial charge in [0.2, 0.25) is 0 Å². The number of aromatic nitrogens is 1. The van der Waals surface area contributed by atoms with Crippen LogP contribution in [0.1, 0.15) is 58.6 Å². The lowest BCUT2D eigenvalue weighted by atomic mass is 10.0. The highest BCUT2D eigenvalue weighted by atomic mass is 16.1. The first-order chi connectivity index (χ1) is 7.47. The van der Waals surface area contributed by atoms with Crippen molar-refractivity contribution in [2.24, 2.45) is 5.92 Å². The van der Waals surface area contributed by atoms with Crippen molar-refractivity contribution in [2.45, 2.75) is 53.0 Å². The van der Waals surface area contributed by atoms with Crippen molar-refractivity contribution < 1.29 is 0 Å². The van der Waals surface area contributed by atoms with E-state index in [2.05, 4.69) is 40.7 Å². The summed E-state index contributed by atoms with van der Waals surface area (Å²) in [7, 11) is 0. The SMILES string of the molecule is CCC(C(C)C)n1ccc(C(C)C)cc1=O. The standard InChI is InChI=1S/C14H23NO/c1-6-13(11(4)5)15-8-7-12(10(2)3)9-14(15)16/h7-11,13H,6H2,1-5H3. The van der Waals surface area contributed by atoms with Gasteiger partial charge in [-0.15, -0.1) is 0 Å². The van der Waals surface area contributed by atoms with Gasteiger partial charge in [0.15, 0.2) is 0 Å². The van der Waals surface area contributed by atoms with E-state index < -0.39 is 0 Å². The molecule has 90 valence electrons. The Hall–Kier alpha value is -1.05. The summed E-state index contributed by atoms with van der Waals surface area (Å²) < 4.78 is 1.87. The Bertz CT molecular complexity index is 390. The second kappa shape index (κ2) is 5.33. The molecule has 0 N–H and O–H groups in total. The van der Waals surface area contributed by atoms with E-state index in [-0.39, 0.29) is 5.56 Å². The number of rotatable bonds is 4. The summed E-state index contributed by atoms with van der Waals surface area (Å²) in [6, 6.07) is 4.15. The van der Waals surface area contributed by atoms with E-state index >= 15 is 0 Å². The highest BCUT2D eigenvalue weighted by Gasteiger charge is 2.14. The molecular weight excluding hydrogens is 198 g/mol. The second-order valence-electron chi connectivity index (χ2n) is 5.08. The maximum Gasteiger partial charge on any atom is 0.251 e. The van der Waals surface area contributed by atoms with E-state index in [1.165, 1.54) is 0 Å². The van der Waals surface area contributed by atoms with Gasteiger partial charge in [0.05, 0.1) is 0 Å². The third kappa shape index (κ3) is 2.75. The Morgan fingerprint density at radius 1 is 1.25 bits per heavy atom. The van der Waals surface area contributed by atoms with Crippen LogP contribution in [0, 0.1) is 5.92 Å². The Morgan fingerprint density at radius 2 is 1.88 bits per heavy atom. The van der Waals surface area contributed by atoms with Crippen LogP contribution in [0.25, 0.3) is 0 Å². The highest BCUT2D eigenvalue weighted by Crippen LogP contribution is 2.20. The lowest BCUT2D eigenvalue weighted by molar-refractivity contribution is 0.356. The topological polar surface area (TPSA) is 22.0 Å². The molecule has 1 unspecified atom stereocenters. The molecule has 0 saturated carbocycles. The molecule has 0 bridgehead atoms. The van der Waals surface area contributed by atoms with Crippen LogP contribution in [-0.4, -0.2) is 4.57 Å². The third-order valence-corrected chi connectivity index (χ3v) is 3.18. The summed E-state index contributed by atoms with van der Waals surface area (Å²) in [4.78, 5) is 12.0. The summed E-state index contributed by atoms with van der Waals surface area (Å²) in [5.41, 5.74) is 1.26. The van der Waals surface area contributed by atoms with Crippen LogP contribution in [0.3, 0.4) is 0 Å². The molecule has 0 spiro atoms. The fraction of sp³-hybridized carbons (Fsp3) is 0.643. The molecule has 0 radical (unpaired) electrons. The minimum absolute atomic E-state index is 0.131. The number of pyridine rings is 1. The molecule has 2 heteroatoms. The van der Waals surface area contributed by atoms with Crippen molar-refractivity contribution >= 4 is 0 Å². The van der Waals surface area contributed by atoms with Crippen molar-refractivity contribution in [2.75, 3.05) is 0 Å². The van der Waals surface area contributed by atoms with Crippen LogP contribution in [0.5, 0.6) is 0 Å². The molecule has 2 nitrogen and oxygen atoms in total. The third-order valence-electron chi connectivity index (χ3n) is 3.18. The van der Waals surface area contributed by atoms with Crippen LogP contribution >= 0.6 is 0 Å². The Balaban J connectivity index is 3.12. The Morgan fingerprint density at radius 3 is 2.25 bits per heavy atom. The van der Waals surface area contributed by atoms with Gasteiger partial charge in [-0.1, -0.05) is 34.6 Å². The van der Waals surface area contributed by atoms with Gasteiger partial charge in [-0.25, -0.2) is 0 Å². The average Bonchev–Trinajstić information content (AvgIpc) is 2.20. The van der Waals surface area contributed by atoms with Gasteiger partial charge in [-0.05, 0) is 29.9 Å². The molecule has 0 aliphatic rings. The molecule has 0 saturated heterocycles. The number of hydrogen-bond acceptors (Lipinski definition) is 1. The van der Waals surface area contributed by atoms with E-state index in [1.54, 1.807) is 6.07 Å². The highest BCUT2D eigenvalue weighted by molar-refractivity contribution is 5.15. The van der Waals surface area contributed by atoms with Crippen LogP contribution < -0.4 is 5.56 Å². The molecule has 0 amide bonds. The summed E-state index contributed by atoms with van der Waals surface area (Å²) in [6.07, 6.45) is 2.95. The van der Waals surface area contributed by atoms with Gasteiger partial charge in [-0.3, -0.25) is 4.79 Å². The summed E-state index contributed by atoms with van der Waals surface area (Å²) in [5, 5.41) is 0. The molecule has 1 heterocycles. The van der Waals surface area contributed by atoms with E-state index in [0.717, 1.165) is 12.0 Å². The lowest BCUT2D eigenvalue weighted by Crippen LogP contribution is -2.27. The minimum atomic E-state index is 0.131. The van der Waals surface area contributed by atoms with Crippen LogP contribution in [-0.2, 0) is 0 Å². The zero-order valence-electron chi connectivity index (χ0n) is 11.0. The van der Waals surface area contributed by atoms with Gasteiger partial charge in [0.25, 0.3) is 5.56 Å². The molecule has 1 aromatic heterocycles. The largest absolute Gasteiger partial charge is 0.312 e. The van der Waals surface area contributed by atoms with Crippen molar-refractivity contribution in [3.8, 4) is 0 Å². The first kappa shape index (κ1) is 13.0. The summed E-state index contributed by atoms with van der Waals surface area (Å²) >= 11 is 0. The van der Waals surface area contributed by atoms with Crippen LogP contribution in [0.4, 0.5) is 0 Å². The van der Waals surface area contributed by atoms with Gasteiger partial charge in [-0.2, -0.15) is 0 Å². The minimum Gasteiger partial charge on any atom is -0.312 e. The van der Waals surface area contributed by atoms with Crippen molar-refractivity contribution in [1.29, 1.82) is 0 Å². The molecule has 0 aliphatic heterocycles. The first-order valence-electron chi connectivity index (χ1n) is 6.19. The quantitative estimate of drug-likeness (QED) is 0.761. The number of nitrogens with zero attached hydrogens (tertiary/aromatic N) is 1. The normalized spacial score (nSPS) is 13.4. The molecule has 1 atom stereocenters. The fourth-order valence-electron chi connectivity index (χ4n) is 2.13. The maximum atomic E-state index is 12.0. The molecule has 0 aromatic carbocycles. The lowest BCUT2D eigenvalue weighted by Gasteiger charge is -2.22. The van der Waals surface area contributed by atoms with Crippen molar-refractivity contribution in [3.63, 3.8) is 0 Å². The van der Waals surface area contributed by atoms with Crippen molar-refractivity contribution in [3.05, 3.63) is 34.2 Å². The van der Waals surface area contributed by atoms with E-state index in [9.17, 15) is 4.79 Å². The first-order valence-corrected chi connectivity index (χ1v) is 6.19. The smallest absolute Gasteiger partial charge is 0.251 e. The van der Waals surface area contributed by atoms with E-state index in [0.29, 0.717) is 17.9 Å². The zero-order chi connectivity index (χ0) is 12.3. The Kier molecular flexibility index (Phi) is 4.34. The van der Waals surface area contributed by atoms with Crippen LogP contribution in [0.2, 0.25) is 0 Å². The van der Waals surface area contributed by atoms with Gasteiger partial charge in [0.1, 0.15) is 0 Å². The maximum absolute atomic E-state index is 12.0. The van der Waals surface area contributed by atoms with E-state index in [1.807, 2.05) is 10.8 Å². The second-order valence-corrected chi connectivity index (χ2v) is 5.08. The summed E-state index contributed by atoms with van der Waals surface area (Å²) in [5.74, 6) is 0.911. The fourth-order valence-corrected chi connectivity index (χ4v) is 2.13. The number of hydrogen-bond donors (Lipinski definition) is 0. The van der Waals surface area contributed by atoms with Gasteiger partial charge < -0.3 is 4.57 Å². The molecule has 0 aliphatic carbocycles. The van der Waals surface area contributed by atoms with Crippen LogP contribution in [0.15, 0.2) is 23.1 Å². The molecule has 1 aromatic rings.